The Balaban J connectivity index is 2.92. The van der Waals surface area contributed by atoms with Gasteiger partial charge in [-0.25, -0.2) is 0 Å². The van der Waals surface area contributed by atoms with E-state index >= 15 is 0 Å². The van der Waals surface area contributed by atoms with Crippen LogP contribution in [0.3, 0.4) is 0 Å². The maximum atomic E-state index is 10.5. The predicted molar refractivity (Wildman–Crippen MR) is 58.3 cm³/mol. The summed E-state index contributed by atoms with van der Waals surface area (Å²) in [6.07, 6.45) is 1.76. The van der Waals surface area contributed by atoms with Crippen LogP contribution in [0.15, 0.2) is 30.3 Å². The summed E-state index contributed by atoms with van der Waals surface area (Å²) in [6.45, 7) is 0. The lowest BCUT2D eigenvalue weighted by Gasteiger charge is -2.27. The van der Waals surface area contributed by atoms with Gasteiger partial charge in [-0.2, -0.15) is 0 Å². The Morgan fingerprint density at radius 3 is 2.50 bits per heavy atom. The molecule has 0 heterocycles. The van der Waals surface area contributed by atoms with Crippen LogP contribution in [0.1, 0.15) is 18.4 Å². The smallest absolute Gasteiger partial charge is 0.122 e. The van der Waals surface area contributed by atoms with Crippen LogP contribution in [-0.4, -0.2) is 12.2 Å². The van der Waals surface area contributed by atoms with E-state index in [1.165, 1.54) is 0 Å². The molecule has 0 spiro atoms. The molecule has 2 N–H and O–H groups in total. The molecule has 1 rings (SSSR count). The molecule has 2 nitrogen and oxygen atoms in total. The molecule has 1 atom stereocenters. The number of nitrogens with two attached hydrogens (primary N) is 1. The average Bonchev–Trinajstić information content (AvgIpc) is 2.20. The first-order valence-corrected chi connectivity index (χ1v) is 5.10. The highest BCUT2D eigenvalue weighted by atomic mass is 35.5. The SMILES string of the molecule is NC(CC=O)(CCCl)c1ccccc1. The summed E-state index contributed by atoms with van der Waals surface area (Å²) >= 11 is 5.68. The summed E-state index contributed by atoms with van der Waals surface area (Å²) < 4.78 is 0. The van der Waals surface area contributed by atoms with Crippen LogP contribution in [-0.2, 0) is 10.3 Å². The van der Waals surface area contributed by atoms with Crippen molar-refractivity contribution in [1.82, 2.24) is 0 Å². The fraction of sp³-hybridized carbons (Fsp3) is 0.364. The van der Waals surface area contributed by atoms with Gasteiger partial charge in [-0.15, -0.1) is 11.6 Å². The van der Waals surface area contributed by atoms with Crippen LogP contribution in [0.25, 0.3) is 0 Å². The Kier molecular flexibility index (Phi) is 4.11. The molecule has 0 aliphatic carbocycles. The molecule has 0 saturated heterocycles. The highest BCUT2D eigenvalue weighted by molar-refractivity contribution is 6.17. The van der Waals surface area contributed by atoms with Gasteiger partial charge < -0.3 is 10.5 Å². The Bertz CT molecular complexity index is 289. The second kappa shape index (κ2) is 5.13. The normalized spacial score (nSPS) is 14.7. The summed E-state index contributed by atoms with van der Waals surface area (Å²) in [5.74, 6) is 0.458. The number of benzene rings is 1. The van der Waals surface area contributed by atoms with Gasteiger partial charge in [0, 0.05) is 17.8 Å². The number of rotatable bonds is 5. The third-order valence-corrected chi connectivity index (χ3v) is 2.53. The van der Waals surface area contributed by atoms with Crippen molar-refractivity contribution in [2.24, 2.45) is 5.73 Å². The molecule has 1 aromatic carbocycles. The Labute approximate surface area is 89.1 Å². The maximum absolute atomic E-state index is 10.5. The average molecular weight is 212 g/mol. The lowest BCUT2D eigenvalue weighted by molar-refractivity contribution is -0.108. The fourth-order valence-corrected chi connectivity index (χ4v) is 1.79. The van der Waals surface area contributed by atoms with Gasteiger partial charge >= 0.3 is 0 Å². The number of halogens is 1. The molecule has 0 aliphatic heterocycles. The molecule has 1 unspecified atom stereocenters. The fourth-order valence-electron chi connectivity index (χ4n) is 1.45. The molecule has 0 bridgehead atoms. The largest absolute Gasteiger partial charge is 0.321 e. The molecular weight excluding hydrogens is 198 g/mol. The summed E-state index contributed by atoms with van der Waals surface area (Å²) in [6, 6.07) is 9.60. The van der Waals surface area contributed by atoms with Crippen molar-refractivity contribution < 1.29 is 4.79 Å². The van der Waals surface area contributed by atoms with Gasteiger partial charge in [0.1, 0.15) is 6.29 Å². The minimum Gasteiger partial charge on any atom is -0.321 e. The quantitative estimate of drug-likeness (QED) is 0.599. The molecule has 3 heteroatoms. The van der Waals surface area contributed by atoms with E-state index < -0.39 is 5.54 Å². The summed E-state index contributed by atoms with van der Waals surface area (Å²) in [4.78, 5) is 10.5. The third kappa shape index (κ3) is 2.56. The van der Waals surface area contributed by atoms with Gasteiger partial charge in [0.15, 0.2) is 0 Å². The second-order valence-electron chi connectivity index (χ2n) is 3.33. The van der Waals surface area contributed by atoms with E-state index in [-0.39, 0.29) is 0 Å². The van der Waals surface area contributed by atoms with E-state index in [2.05, 4.69) is 0 Å². The molecule has 0 radical (unpaired) electrons. The number of hydrogen-bond donors (Lipinski definition) is 1. The van der Waals surface area contributed by atoms with Crippen molar-refractivity contribution >= 4 is 17.9 Å². The zero-order chi connectivity index (χ0) is 10.4. The van der Waals surface area contributed by atoms with Crippen molar-refractivity contribution in [3.63, 3.8) is 0 Å². The van der Waals surface area contributed by atoms with Crippen molar-refractivity contribution in [1.29, 1.82) is 0 Å². The minimum absolute atomic E-state index is 0.309. The van der Waals surface area contributed by atoms with Gasteiger partial charge in [0.2, 0.25) is 0 Å². The van der Waals surface area contributed by atoms with Crippen LogP contribution in [0.2, 0.25) is 0 Å². The van der Waals surface area contributed by atoms with Crippen molar-refractivity contribution in [2.45, 2.75) is 18.4 Å². The van der Waals surface area contributed by atoms with E-state index in [9.17, 15) is 4.79 Å². The zero-order valence-electron chi connectivity index (χ0n) is 7.95. The Hall–Kier alpha value is -0.860. The van der Waals surface area contributed by atoms with Gasteiger partial charge in [-0.3, -0.25) is 0 Å². The molecule has 0 amide bonds. The number of carbonyl (C=O) groups excluding carboxylic acids is 1. The van der Waals surface area contributed by atoms with Crippen LogP contribution >= 0.6 is 11.6 Å². The van der Waals surface area contributed by atoms with Crippen LogP contribution in [0, 0.1) is 0 Å². The zero-order valence-corrected chi connectivity index (χ0v) is 8.70. The summed E-state index contributed by atoms with van der Waals surface area (Å²) in [5, 5.41) is 0. The van der Waals surface area contributed by atoms with Crippen LogP contribution < -0.4 is 5.73 Å². The van der Waals surface area contributed by atoms with E-state index in [1.54, 1.807) is 0 Å². The number of alkyl halides is 1. The van der Waals surface area contributed by atoms with Crippen molar-refractivity contribution in [2.75, 3.05) is 5.88 Å². The molecule has 0 fully saturated rings. The predicted octanol–water partition coefficient (Wildman–Crippen LogP) is 2.06. The van der Waals surface area contributed by atoms with Gasteiger partial charge in [0.25, 0.3) is 0 Å². The molecule has 14 heavy (non-hydrogen) atoms. The summed E-state index contributed by atoms with van der Waals surface area (Å²) in [7, 11) is 0. The molecule has 76 valence electrons. The lowest BCUT2D eigenvalue weighted by Crippen LogP contribution is -2.37. The third-order valence-electron chi connectivity index (χ3n) is 2.34. The molecule has 0 saturated carbocycles. The van der Waals surface area contributed by atoms with Crippen LogP contribution in [0.5, 0.6) is 0 Å². The molecule has 1 aromatic rings. The second-order valence-corrected chi connectivity index (χ2v) is 3.71. The molecule has 0 aromatic heterocycles. The van der Waals surface area contributed by atoms with Gasteiger partial charge in [0.05, 0.1) is 0 Å². The monoisotopic (exact) mass is 211 g/mol. The maximum Gasteiger partial charge on any atom is 0.122 e. The Morgan fingerprint density at radius 2 is 2.00 bits per heavy atom. The molecular formula is C11H14ClNO. The van der Waals surface area contributed by atoms with E-state index in [1.807, 2.05) is 30.3 Å². The molecule has 0 aliphatic rings. The van der Waals surface area contributed by atoms with Crippen LogP contribution in [0.4, 0.5) is 0 Å². The minimum atomic E-state index is -0.606. The lowest BCUT2D eigenvalue weighted by atomic mass is 9.86. The van der Waals surface area contributed by atoms with E-state index in [0.717, 1.165) is 11.8 Å². The van der Waals surface area contributed by atoms with E-state index in [4.69, 9.17) is 17.3 Å². The topological polar surface area (TPSA) is 43.1 Å². The number of aldehydes is 1. The first-order valence-electron chi connectivity index (χ1n) is 4.57. The standard InChI is InChI=1S/C11H14ClNO/c12-8-6-11(13,7-9-14)10-4-2-1-3-5-10/h1-5,9H,6-8,13H2. The highest BCUT2D eigenvalue weighted by Crippen LogP contribution is 2.25. The highest BCUT2D eigenvalue weighted by Gasteiger charge is 2.25. The number of hydrogen-bond acceptors (Lipinski definition) is 2. The van der Waals surface area contributed by atoms with Gasteiger partial charge in [-0.05, 0) is 12.0 Å². The number of carbonyl (C=O) groups is 1. The Morgan fingerprint density at radius 1 is 1.36 bits per heavy atom. The first kappa shape index (κ1) is 11.2. The van der Waals surface area contributed by atoms with Gasteiger partial charge in [-0.1, -0.05) is 30.3 Å². The van der Waals surface area contributed by atoms with E-state index in [0.29, 0.717) is 18.7 Å². The van der Waals surface area contributed by atoms with Crippen molar-refractivity contribution in [3.8, 4) is 0 Å². The first-order chi connectivity index (χ1) is 6.73. The van der Waals surface area contributed by atoms with Crippen molar-refractivity contribution in [3.05, 3.63) is 35.9 Å². The summed E-state index contributed by atoms with van der Waals surface area (Å²) in [5.41, 5.74) is 6.48.